The maximum Gasteiger partial charge on any atom is 0.228 e. The molecule has 2 aromatic rings. The van der Waals surface area contributed by atoms with E-state index in [0.29, 0.717) is 24.1 Å². The molecule has 0 aromatic carbocycles. The van der Waals surface area contributed by atoms with E-state index in [1.165, 1.54) is 12.8 Å². The minimum absolute atomic E-state index is 0.148. The molecule has 2 N–H and O–H groups in total. The van der Waals surface area contributed by atoms with Gasteiger partial charge in [-0.25, -0.2) is 4.98 Å². The van der Waals surface area contributed by atoms with E-state index >= 15 is 0 Å². The number of imidazole rings is 1. The fourth-order valence-electron chi connectivity index (χ4n) is 1.91. The Morgan fingerprint density at radius 1 is 1.59 bits per heavy atom. The zero-order chi connectivity index (χ0) is 11.8. The van der Waals surface area contributed by atoms with Crippen LogP contribution >= 0.6 is 0 Å². The second kappa shape index (κ2) is 3.96. The molecule has 1 atom stereocenters. The number of hydrogen-bond acceptors (Lipinski definition) is 5. The molecule has 1 aliphatic rings. The highest BCUT2D eigenvalue weighted by Crippen LogP contribution is 2.32. The van der Waals surface area contributed by atoms with E-state index in [0.717, 1.165) is 5.69 Å². The molecule has 0 bridgehead atoms. The molecule has 6 nitrogen and oxygen atoms in total. The van der Waals surface area contributed by atoms with Gasteiger partial charge in [0, 0.05) is 19.5 Å². The number of aryl methyl sites for hydroxylation is 1. The molecule has 0 spiro atoms. The first-order valence-electron chi connectivity index (χ1n) is 5.79. The fourth-order valence-corrected chi connectivity index (χ4v) is 1.91. The SMILES string of the molecule is Cn1cncc1-c1noc(CC(N)C2CC2)n1. The Bertz CT molecular complexity index is 513. The van der Waals surface area contributed by atoms with Crippen molar-refractivity contribution in [1.82, 2.24) is 19.7 Å². The quantitative estimate of drug-likeness (QED) is 0.842. The molecular formula is C11H15N5O. The molecule has 2 aromatic heterocycles. The molecule has 6 heteroatoms. The van der Waals surface area contributed by atoms with Crippen LogP contribution in [0.25, 0.3) is 11.5 Å². The standard InChI is InChI=1S/C11H15N5O/c1-16-6-13-5-9(16)11-14-10(17-15-11)4-8(12)7-2-3-7/h5-8H,2-4,12H2,1H3. The molecule has 3 rings (SSSR count). The Morgan fingerprint density at radius 2 is 2.41 bits per heavy atom. The van der Waals surface area contributed by atoms with E-state index in [-0.39, 0.29) is 6.04 Å². The maximum atomic E-state index is 6.02. The lowest BCUT2D eigenvalue weighted by atomic mass is 10.1. The second-order valence-electron chi connectivity index (χ2n) is 4.61. The van der Waals surface area contributed by atoms with Gasteiger partial charge in [0.1, 0.15) is 5.69 Å². The number of rotatable bonds is 4. The Labute approximate surface area is 98.8 Å². The summed E-state index contributed by atoms with van der Waals surface area (Å²) in [5.41, 5.74) is 6.87. The fraction of sp³-hybridized carbons (Fsp3) is 0.545. The average molecular weight is 233 g/mol. The van der Waals surface area contributed by atoms with Gasteiger partial charge in [0.05, 0.1) is 12.5 Å². The van der Waals surface area contributed by atoms with Crippen molar-refractivity contribution in [1.29, 1.82) is 0 Å². The largest absolute Gasteiger partial charge is 0.339 e. The monoisotopic (exact) mass is 233 g/mol. The summed E-state index contributed by atoms with van der Waals surface area (Å²) in [5, 5.41) is 3.95. The van der Waals surface area contributed by atoms with Gasteiger partial charge in [0.15, 0.2) is 0 Å². The first-order valence-corrected chi connectivity index (χ1v) is 5.79. The molecule has 17 heavy (non-hydrogen) atoms. The predicted molar refractivity (Wildman–Crippen MR) is 60.9 cm³/mol. The maximum absolute atomic E-state index is 6.02. The summed E-state index contributed by atoms with van der Waals surface area (Å²) >= 11 is 0. The Kier molecular flexibility index (Phi) is 2.44. The molecule has 0 aliphatic heterocycles. The van der Waals surface area contributed by atoms with Crippen LogP contribution in [0.3, 0.4) is 0 Å². The summed E-state index contributed by atoms with van der Waals surface area (Å²) in [6, 6.07) is 0.148. The van der Waals surface area contributed by atoms with Crippen LogP contribution in [0.15, 0.2) is 17.0 Å². The highest BCUT2D eigenvalue weighted by atomic mass is 16.5. The van der Waals surface area contributed by atoms with Crippen LogP contribution in [0.1, 0.15) is 18.7 Å². The predicted octanol–water partition coefficient (Wildman–Crippen LogP) is 0.750. The zero-order valence-electron chi connectivity index (χ0n) is 9.71. The Balaban J connectivity index is 1.76. The van der Waals surface area contributed by atoms with E-state index in [1.54, 1.807) is 12.5 Å². The summed E-state index contributed by atoms with van der Waals surface area (Å²) in [6.45, 7) is 0. The van der Waals surface area contributed by atoms with Crippen molar-refractivity contribution in [3.8, 4) is 11.5 Å². The molecule has 1 saturated carbocycles. The van der Waals surface area contributed by atoms with Crippen LogP contribution in [-0.2, 0) is 13.5 Å². The van der Waals surface area contributed by atoms with E-state index in [4.69, 9.17) is 10.3 Å². The van der Waals surface area contributed by atoms with Gasteiger partial charge < -0.3 is 14.8 Å². The lowest BCUT2D eigenvalue weighted by Crippen LogP contribution is -2.25. The third-order valence-corrected chi connectivity index (χ3v) is 3.15. The normalized spacial score (nSPS) is 17.3. The molecule has 0 saturated heterocycles. The van der Waals surface area contributed by atoms with Gasteiger partial charge in [0.25, 0.3) is 0 Å². The van der Waals surface area contributed by atoms with Gasteiger partial charge in [-0.15, -0.1) is 0 Å². The Hall–Kier alpha value is -1.69. The third kappa shape index (κ3) is 2.08. The lowest BCUT2D eigenvalue weighted by Gasteiger charge is -2.04. The molecule has 90 valence electrons. The first-order chi connectivity index (χ1) is 8.24. The first kappa shape index (κ1) is 10.5. The molecule has 1 aliphatic carbocycles. The highest BCUT2D eigenvalue weighted by molar-refractivity contribution is 5.47. The molecular weight excluding hydrogens is 218 g/mol. The number of aromatic nitrogens is 4. The zero-order valence-corrected chi connectivity index (χ0v) is 9.71. The smallest absolute Gasteiger partial charge is 0.228 e. The van der Waals surface area contributed by atoms with Crippen molar-refractivity contribution in [2.75, 3.05) is 0 Å². The van der Waals surface area contributed by atoms with Crippen LogP contribution in [-0.4, -0.2) is 25.7 Å². The number of nitrogens with two attached hydrogens (primary N) is 1. The molecule has 1 fully saturated rings. The van der Waals surface area contributed by atoms with Crippen molar-refractivity contribution in [3.63, 3.8) is 0 Å². The van der Waals surface area contributed by atoms with Gasteiger partial charge in [-0.2, -0.15) is 4.98 Å². The topological polar surface area (TPSA) is 82.8 Å². The number of hydrogen-bond donors (Lipinski definition) is 1. The van der Waals surface area contributed by atoms with Crippen molar-refractivity contribution in [2.45, 2.75) is 25.3 Å². The average Bonchev–Trinajstić information content (AvgIpc) is 2.93. The Morgan fingerprint density at radius 3 is 3.06 bits per heavy atom. The van der Waals surface area contributed by atoms with Crippen LogP contribution in [0.2, 0.25) is 0 Å². The summed E-state index contributed by atoms with van der Waals surface area (Å²) in [4.78, 5) is 8.37. The summed E-state index contributed by atoms with van der Waals surface area (Å²) < 4.78 is 7.07. The minimum atomic E-state index is 0.148. The van der Waals surface area contributed by atoms with E-state index < -0.39 is 0 Å². The van der Waals surface area contributed by atoms with Gasteiger partial charge in [-0.3, -0.25) is 0 Å². The molecule has 0 amide bonds. The van der Waals surface area contributed by atoms with Gasteiger partial charge in [-0.05, 0) is 18.8 Å². The van der Waals surface area contributed by atoms with Crippen LogP contribution in [0, 0.1) is 5.92 Å². The molecule has 0 radical (unpaired) electrons. The van der Waals surface area contributed by atoms with Crippen LogP contribution < -0.4 is 5.73 Å². The molecule has 2 heterocycles. The van der Waals surface area contributed by atoms with Crippen LogP contribution in [0.4, 0.5) is 0 Å². The van der Waals surface area contributed by atoms with Crippen LogP contribution in [0.5, 0.6) is 0 Å². The summed E-state index contributed by atoms with van der Waals surface area (Å²) in [6.07, 6.45) is 6.54. The summed E-state index contributed by atoms with van der Waals surface area (Å²) in [5.74, 6) is 1.82. The second-order valence-corrected chi connectivity index (χ2v) is 4.61. The number of nitrogens with zero attached hydrogens (tertiary/aromatic N) is 4. The highest BCUT2D eigenvalue weighted by Gasteiger charge is 2.29. The van der Waals surface area contributed by atoms with E-state index in [1.807, 2.05) is 11.6 Å². The van der Waals surface area contributed by atoms with Crippen molar-refractivity contribution < 1.29 is 4.52 Å². The van der Waals surface area contributed by atoms with Gasteiger partial charge in [0.2, 0.25) is 11.7 Å². The lowest BCUT2D eigenvalue weighted by molar-refractivity contribution is 0.363. The van der Waals surface area contributed by atoms with Gasteiger partial charge >= 0.3 is 0 Å². The molecule has 1 unspecified atom stereocenters. The van der Waals surface area contributed by atoms with Gasteiger partial charge in [-0.1, -0.05) is 5.16 Å². The van der Waals surface area contributed by atoms with E-state index in [2.05, 4.69) is 15.1 Å². The van der Waals surface area contributed by atoms with Crippen molar-refractivity contribution in [3.05, 3.63) is 18.4 Å². The van der Waals surface area contributed by atoms with E-state index in [9.17, 15) is 0 Å². The third-order valence-electron chi connectivity index (χ3n) is 3.15. The van der Waals surface area contributed by atoms with Crippen molar-refractivity contribution >= 4 is 0 Å². The van der Waals surface area contributed by atoms with Crippen molar-refractivity contribution in [2.24, 2.45) is 18.7 Å². The summed E-state index contributed by atoms with van der Waals surface area (Å²) in [7, 11) is 1.90. The minimum Gasteiger partial charge on any atom is -0.339 e.